The minimum absolute atomic E-state index is 0.0213. The summed E-state index contributed by atoms with van der Waals surface area (Å²) in [5.74, 6) is 0.366. The molecular weight excluding hydrogens is 320 g/mol. The highest BCUT2D eigenvalue weighted by Gasteiger charge is 2.49. The van der Waals surface area contributed by atoms with Gasteiger partial charge < -0.3 is 4.74 Å². The molecule has 126 valence electrons. The van der Waals surface area contributed by atoms with Gasteiger partial charge in [-0.1, -0.05) is 42.8 Å². The Morgan fingerprint density at radius 3 is 2.83 bits per heavy atom. The van der Waals surface area contributed by atoms with Crippen LogP contribution in [0.4, 0.5) is 0 Å². The standard InChI is InChI=1S/C21H23ClO2/c1-13-4-3-9-21(2)12-19-16(11-18(13)21)17(20(23)24-19)10-14-5-7-15(22)8-6-14/h5-8,18-19H,1,3-4,9-12H2,2H3/t18-,19-,21+/m0/s1. The Morgan fingerprint density at radius 1 is 1.33 bits per heavy atom. The molecule has 0 radical (unpaired) electrons. The first-order chi connectivity index (χ1) is 11.5. The van der Waals surface area contributed by atoms with Crippen molar-refractivity contribution in [3.05, 3.63) is 58.1 Å². The topological polar surface area (TPSA) is 26.3 Å². The molecule has 0 aromatic heterocycles. The third-order valence-electron chi connectivity index (χ3n) is 6.22. The maximum absolute atomic E-state index is 12.5. The molecule has 24 heavy (non-hydrogen) atoms. The Kier molecular flexibility index (Phi) is 3.84. The van der Waals surface area contributed by atoms with Crippen LogP contribution in [0.2, 0.25) is 5.02 Å². The Labute approximate surface area is 148 Å². The SMILES string of the molecule is C=C1CCC[C@]2(C)C[C@@H]3OC(=O)C(Cc4ccc(Cl)cc4)=C3C[C@@H]12. The van der Waals surface area contributed by atoms with E-state index in [9.17, 15) is 4.79 Å². The number of hydrogen-bond acceptors (Lipinski definition) is 2. The number of hydrogen-bond donors (Lipinski definition) is 0. The van der Waals surface area contributed by atoms with E-state index in [0.29, 0.717) is 12.3 Å². The van der Waals surface area contributed by atoms with E-state index < -0.39 is 0 Å². The van der Waals surface area contributed by atoms with Gasteiger partial charge in [-0.2, -0.15) is 0 Å². The van der Waals surface area contributed by atoms with Gasteiger partial charge in [0.15, 0.2) is 0 Å². The zero-order valence-corrected chi connectivity index (χ0v) is 14.9. The minimum Gasteiger partial charge on any atom is -0.454 e. The molecule has 4 rings (SSSR count). The number of halogens is 1. The molecule has 2 aliphatic carbocycles. The van der Waals surface area contributed by atoms with Gasteiger partial charge in [0.05, 0.1) is 0 Å². The van der Waals surface area contributed by atoms with Gasteiger partial charge in [0.1, 0.15) is 6.10 Å². The quantitative estimate of drug-likeness (QED) is 0.541. The highest BCUT2D eigenvalue weighted by atomic mass is 35.5. The van der Waals surface area contributed by atoms with Crippen LogP contribution in [0.15, 0.2) is 47.6 Å². The van der Waals surface area contributed by atoms with Gasteiger partial charge in [0.2, 0.25) is 0 Å². The van der Waals surface area contributed by atoms with E-state index in [-0.39, 0.29) is 17.5 Å². The summed E-state index contributed by atoms with van der Waals surface area (Å²) in [6.45, 7) is 6.68. The number of fused-ring (bicyclic) bond motifs is 2. The second-order valence-corrected chi connectivity index (χ2v) is 8.26. The van der Waals surface area contributed by atoms with Crippen LogP contribution < -0.4 is 0 Å². The molecule has 3 atom stereocenters. The second-order valence-electron chi connectivity index (χ2n) is 7.83. The van der Waals surface area contributed by atoms with Crippen LogP contribution in [0.25, 0.3) is 0 Å². The molecule has 2 nitrogen and oxygen atoms in total. The summed E-state index contributed by atoms with van der Waals surface area (Å²) in [7, 11) is 0. The number of rotatable bonds is 2. The lowest BCUT2D eigenvalue weighted by atomic mass is 9.57. The number of carbonyl (C=O) groups excluding carboxylic acids is 1. The summed E-state index contributed by atoms with van der Waals surface area (Å²) in [6, 6.07) is 7.73. The fourth-order valence-electron chi connectivity index (χ4n) is 4.85. The summed E-state index contributed by atoms with van der Waals surface area (Å²) in [5, 5.41) is 0.718. The Balaban J connectivity index is 1.65. The number of carbonyl (C=O) groups is 1. The third kappa shape index (κ3) is 2.61. The summed E-state index contributed by atoms with van der Waals surface area (Å²) in [6.07, 6.45) is 6.05. The molecule has 2 saturated carbocycles. The van der Waals surface area contributed by atoms with E-state index >= 15 is 0 Å². The van der Waals surface area contributed by atoms with Crippen molar-refractivity contribution in [2.45, 2.75) is 51.6 Å². The van der Waals surface area contributed by atoms with Crippen molar-refractivity contribution in [2.24, 2.45) is 11.3 Å². The Morgan fingerprint density at radius 2 is 2.08 bits per heavy atom. The van der Waals surface area contributed by atoms with Crippen molar-refractivity contribution in [1.29, 1.82) is 0 Å². The van der Waals surface area contributed by atoms with Crippen molar-refractivity contribution in [3.63, 3.8) is 0 Å². The van der Waals surface area contributed by atoms with Crippen molar-refractivity contribution in [3.8, 4) is 0 Å². The minimum atomic E-state index is -0.127. The van der Waals surface area contributed by atoms with E-state index in [0.717, 1.165) is 35.4 Å². The largest absolute Gasteiger partial charge is 0.454 e. The molecular formula is C21H23ClO2. The normalized spacial score (nSPS) is 32.4. The molecule has 1 heterocycles. The van der Waals surface area contributed by atoms with E-state index in [1.165, 1.54) is 24.0 Å². The molecule has 2 fully saturated rings. The fourth-order valence-corrected chi connectivity index (χ4v) is 4.97. The van der Waals surface area contributed by atoms with E-state index in [2.05, 4.69) is 13.5 Å². The second kappa shape index (κ2) is 5.77. The van der Waals surface area contributed by atoms with Gasteiger partial charge in [-0.25, -0.2) is 4.79 Å². The van der Waals surface area contributed by atoms with Crippen molar-refractivity contribution in [1.82, 2.24) is 0 Å². The zero-order chi connectivity index (χ0) is 16.9. The molecule has 0 bridgehead atoms. The van der Waals surface area contributed by atoms with Crippen LogP contribution in [0, 0.1) is 11.3 Å². The molecule has 0 spiro atoms. The summed E-state index contributed by atoms with van der Waals surface area (Å²) in [4.78, 5) is 12.5. The molecule has 3 aliphatic rings. The van der Waals surface area contributed by atoms with E-state index in [4.69, 9.17) is 16.3 Å². The summed E-state index contributed by atoms with van der Waals surface area (Å²) in [5.41, 5.74) is 4.79. The molecule has 0 saturated heterocycles. The monoisotopic (exact) mass is 342 g/mol. The summed E-state index contributed by atoms with van der Waals surface area (Å²) < 4.78 is 5.75. The van der Waals surface area contributed by atoms with Crippen LogP contribution in [0.3, 0.4) is 0 Å². The van der Waals surface area contributed by atoms with Crippen LogP contribution >= 0.6 is 11.6 Å². The van der Waals surface area contributed by atoms with Gasteiger partial charge >= 0.3 is 5.97 Å². The first kappa shape index (κ1) is 16.0. The third-order valence-corrected chi connectivity index (χ3v) is 6.47. The average Bonchev–Trinajstić information content (AvgIpc) is 2.82. The number of ether oxygens (including phenoxy) is 1. The molecule has 1 aliphatic heterocycles. The lowest BCUT2D eigenvalue weighted by Crippen LogP contribution is -2.41. The lowest BCUT2D eigenvalue weighted by Gasteiger charge is -2.48. The van der Waals surface area contributed by atoms with Gasteiger partial charge in [-0.15, -0.1) is 0 Å². The summed E-state index contributed by atoms with van der Waals surface area (Å²) >= 11 is 5.96. The first-order valence-electron chi connectivity index (χ1n) is 8.81. The maximum atomic E-state index is 12.5. The van der Waals surface area contributed by atoms with E-state index in [1.54, 1.807) is 0 Å². The predicted molar refractivity (Wildman–Crippen MR) is 95.9 cm³/mol. The molecule has 0 N–H and O–H groups in total. The molecule has 0 unspecified atom stereocenters. The number of benzene rings is 1. The Bertz CT molecular complexity index is 731. The van der Waals surface area contributed by atoms with Gasteiger partial charge in [0, 0.05) is 17.0 Å². The predicted octanol–water partition coefficient (Wildman–Crippen LogP) is 5.26. The van der Waals surface area contributed by atoms with Crippen molar-refractivity contribution < 1.29 is 9.53 Å². The van der Waals surface area contributed by atoms with Gasteiger partial charge in [-0.05, 0) is 66.7 Å². The van der Waals surface area contributed by atoms with Gasteiger partial charge in [-0.3, -0.25) is 0 Å². The maximum Gasteiger partial charge on any atom is 0.335 e. The van der Waals surface area contributed by atoms with Crippen molar-refractivity contribution >= 4 is 17.6 Å². The fraction of sp³-hybridized carbons (Fsp3) is 0.476. The highest BCUT2D eigenvalue weighted by Crippen LogP contribution is 2.55. The van der Waals surface area contributed by atoms with E-state index in [1.807, 2.05) is 24.3 Å². The molecule has 1 aromatic rings. The smallest absolute Gasteiger partial charge is 0.335 e. The molecule has 3 heteroatoms. The highest BCUT2D eigenvalue weighted by molar-refractivity contribution is 6.30. The first-order valence-corrected chi connectivity index (χ1v) is 9.19. The van der Waals surface area contributed by atoms with Crippen molar-refractivity contribution in [2.75, 3.05) is 0 Å². The average molecular weight is 343 g/mol. The van der Waals surface area contributed by atoms with Crippen LogP contribution in [0.5, 0.6) is 0 Å². The van der Waals surface area contributed by atoms with Gasteiger partial charge in [0.25, 0.3) is 0 Å². The van der Waals surface area contributed by atoms with Crippen LogP contribution in [-0.4, -0.2) is 12.1 Å². The molecule has 1 aromatic carbocycles. The number of allylic oxidation sites excluding steroid dienone is 1. The Hall–Kier alpha value is -1.54. The van der Waals surface area contributed by atoms with Crippen LogP contribution in [0.1, 0.15) is 44.6 Å². The van der Waals surface area contributed by atoms with Crippen LogP contribution in [-0.2, 0) is 16.0 Å². The number of esters is 1. The molecule has 0 amide bonds. The zero-order valence-electron chi connectivity index (χ0n) is 14.1. The lowest BCUT2D eigenvalue weighted by molar-refractivity contribution is -0.142.